The van der Waals surface area contributed by atoms with Crippen molar-refractivity contribution in [2.75, 3.05) is 31.2 Å². The number of carbonyl (C=O) groups is 1. The van der Waals surface area contributed by atoms with Crippen LogP contribution in [0.1, 0.15) is 45.7 Å². The van der Waals surface area contributed by atoms with Crippen molar-refractivity contribution >= 4 is 28.6 Å². The van der Waals surface area contributed by atoms with Crippen molar-refractivity contribution in [1.82, 2.24) is 10.4 Å². The first-order valence-electron chi connectivity index (χ1n) is 9.25. The lowest BCUT2D eigenvalue weighted by Crippen LogP contribution is -2.36. The molecule has 7 heteroatoms. The average Bonchev–Trinajstić information content (AvgIpc) is 3.07. The number of amides is 1. The number of thiazole rings is 1. The number of hydrazone groups is 1. The maximum atomic E-state index is 12.0. The van der Waals surface area contributed by atoms with Crippen LogP contribution in [0.25, 0.3) is 0 Å². The minimum atomic E-state index is -0.128. The molecule has 6 nitrogen and oxygen atoms in total. The first kappa shape index (κ1) is 20.6. The molecule has 0 aliphatic carbocycles. The van der Waals surface area contributed by atoms with Gasteiger partial charge in [0, 0.05) is 24.7 Å². The number of anilines is 1. The number of aromatic nitrogens is 1. The third kappa shape index (κ3) is 7.66. The fourth-order valence-electron chi connectivity index (χ4n) is 2.61. The molecule has 26 heavy (non-hydrogen) atoms. The van der Waals surface area contributed by atoms with Crippen LogP contribution in [0.4, 0.5) is 5.13 Å². The van der Waals surface area contributed by atoms with Crippen molar-refractivity contribution in [1.29, 1.82) is 0 Å². The van der Waals surface area contributed by atoms with Crippen molar-refractivity contribution in [3.05, 3.63) is 22.7 Å². The van der Waals surface area contributed by atoms with Gasteiger partial charge in [-0.1, -0.05) is 18.6 Å². The van der Waals surface area contributed by atoms with E-state index in [2.05, 4.69) is 47.3 Å². The number of ether oxygens (including phenoxy) is 1. The van der Waals surface area contributed by atoms with Gasteiger partial charge in [0.25, 0.3) is 0 Å². The van der Waals surface area contributed by atoms with Gasteiger partial charge in [-0.05, 0) is 39.0 Å². The molecule has 0 saturated carbocycles. The number of nitrogens with one attached hydrogen (secondary N) is 1. The average molecular weight is 379 g/mol. The van der Waals surface area contributed by atoms with Gasteiger partial charge in [-0.25, -0.2) is 10.4 Å². The topological polar surface area (TPSA) is 66.8 Å². The van der Waals surface area contributed by atoms with Crippen molar-refractivity contribution in [3.8, 4) is 0 Å². The van der Waals surface area contributed by atoms with E-state index in [1.807, 2.05) is 5.38 Å². The Bertz CT molecular complexity index is 617. The summed E-state index contributed by atoms with van der Waals surface area (Å²) in [6.07, 6.45) is 7.41. The van der Waals surface area contributed by atoms with Gasteiger partial charge in [-0.3, -0.25) is 4.79 Å². The number of morpholine rings is 1. The second-order valence-corrected chi connectivity index (χ2v) is 7.78. The SMILES string of the molecule is CC(C)=CCC[C@H](C)C/C=N\NC(=O)Cc1csc(N2CCOCC2)n1. The lowest BCUT2D eigenvalue weighted by Gasteiger charge is -2.26. The third-order valence-corrected chi connectivity index (χ3v) is 5.11. The second-order valence-electron chi connectivity index (χ2n) is 6.94. The maximum absolute atomic E-state index is 12.0. The smallest absolute Gasteiger partial charge is 0.246 e. The van der Waals surface area contributed by atoms with Crippen LogP contribution in [0.2, 0.25) is 0 Å². The zero-order chi connectivity index (χ0) is 18.8. The maximum Gasteiger partial charge on any atom is 0.246 e. The lowest BCUT2D eigenvalue weighted by atomic mass is 10.0. The molecule has 1 aliphatic heterocycles. The molecule has 1 aromatic heterocycles. The molecular formula is C19H30N4O2S. The summed E-state index contributed by atoms with van der Waals surface area (Å²) in [6.45, 7) is 9.62. The molecule has 0 spiro atoms. The van der Waals surface area contributed by atoms with E-state index in [0.717, 1.165) is 56.4 Å². The first-order chi connectivity index (χ1) is 12.5. The molecule has 1 saturated heterocycles. The van der Waals surface area contributed by atoms with E-state index in [0.29, 0.717) is 5.92 Å². The molecule has 1 N–H and O–H groups in total. The summed E-state index contributed by atoms with van der Waals surface area (Å²) in [6, 6.07) is 0. The first-order valence-corrected chi connectivity index (χ1v) is 10.1. The number of hydrogen-bond donors (Lipinski definition) is 1. The van der Waals surface area contributed by atoms with Gasteiger partial charge in [0.2, 0.25) is 5.91 Å². The highest BCUT2D eigenvalue weighted by Crippen LogP contribution is 2.21. The fourth-order valence-corrected chi connectivity index (χ4v) is 3.49. The van der Waals surface area contributed by atoms with Crippen LogP contribution in [-0.4, -0.2) is 43.4 Å². The van der Waals surface area contributed by atoms with E-state index in [4.69, 9.17) is 4.74 Å². The summed E-state index contributed by atoms with van der Waals surface area (Å²) in [7, 11) is 0. The summed E-state index contributed by atoms with van der Waals surface area (Å²) in [5.41, 5.74) is 4.75. The van der Waals surface area contributed by atoms with Crippen LogP contribution < -0.4 is 10.3 Å². The molecule has 1 aromatic rings. The molecule has 0 aromatic carbocycles. The summed E-state index contributed by atoms with van der Waals surface area (Å²) in [5, 5.41) is 6.96. The summed E-state index contributed by atoms with van der Waals surface area (Å²) in [5.74, 6) is 0.429. The molecule has 2 rings (SSSR count). The Hall–Kier alpha value is -1.73. The highest BCUT2D eigenvalue weighted by atomic mass is 32.1. The van der Waals surface area contributed by atoms with Crippen molar-refractivity contribution in [2.45, 2.75) is 46.5 Å². The minimum Gasteiger partial charge on any atom is -0.378 e. The third-order valence-electron chi connectivity index (χ3n) is 4.16. The van der Waals surface area contributed by atoms with Crippen molar-refractivity contribution < 1.29 is 9.53 Å². The number of allylic oxidation sites excluding steroid dienone is 2. The van der Waals surface area contributed by atoms with Crippen LogP contribution >= 0.6 is 11.3 Å². The number of hydrogen-bond acceptors (Lipinski definition) is 6. The van der Waals surface area contributed by atoms with Gasteiger partial charge >= 0.3 is 0 Å². The Morgan fingerprint density at radius 2 is 2.23 bits per heavy atom. The van der Waals surface area contributed by atoms with Crippen LogP contribution in [-0.2, 0) is 16.0 Å². The molecule has 1 atom stereocenters. The van der Waals surface area contributed by atoms with Crippen molar-refractivity contribution in [2.24, 2.45) is 11.0 Å². The van der Waals surface area contributed by atoms with Gasteiger partial charge in [0.05, 0.1) is 25.3 Å². The van der Waals surface area contributed by atoms with Gasteiger partial charge in [-0.15, -0.1) is 11.3 Å². The quantitative estimate of drug-likeness (QED) is 0.406. The number of nitrogens with zero attached hydrogens (tertiary/aromatic N) is 3. The van der Waals surface area contributed by atoms with Gasteiger partial charge in [-0.2, -0.15) is 5.10 Å². The number of carbonyl (C=O) groups excluding carboxylic acids is 1. The monoisotopic (exact) mass is 378 g/mol. The predicted octanol–water partition coefficient (Wildman–Crippen LogP) is 3.40. The van der Waals surface area contributed by atoms with Gasteiger partial charge < -0.3 is 9.64 Å². The van der Waals surface area contributed by atoms with E-state index in [1.54, 1.807) is 17.6 Å². The van der Waals surface area contributed by atoms with Crippen LogP contribution in [0.15, 0.2) is 22.1 Å². The highest BCUT2D eigenvalue weighted by Gasteiger charge is 2.15. The Kier molecular flexibility index (Phi) is 8.77. The standard InChI is InChI=1S/C19H30N4O2S/c1-15(2)5-4-6-16(3)7-8-20-22-18(24)13-17-14-26-19(21-17)23-9-11-25-12-10-23/h5,8,14,16H,4,6-7,9-13H2,1-3H3,(H,22,24)/b20-8-/t16-/m0/s1. The summed E-state index contributed by atoms with van der Waals surface area (Å²) >= 11 is 1.58. The zero-order valence-electron chi connectivity index (χ0n) is 16.0. The summed E-state index contributed by atoms with van der Waals surface area (Å²) in [4.78, 5) is 18.7. The Labute approximate surface area is 160 Å². The van der Waals surface area contributed by atoms with E-state index in [9.17, 15) is 4.79 Å². The van der Waals surface area contributed by atoms with Crippen molar-refractivity contribution in [3.63, 3.8) is 0 Å². The normalized spacial score (nSPS) is 15.9. The molecule has 1 fully saturated rings. The van der Waals surface area contributed by atoms with E-state index < -0.39 is 0 Å². The molecule has 0 unspecified atom stereocenters. The molecule has 1 amide bonds. The predicted molar refractivity (Wildman–Crippen MR) is 108 cm³/mol. The fraction of sp³-hybridized carbons (Fsp3) is 0.632. The second kappa shape index (κ2) is 11.1. The van der Waals surface area contributed by atoms with Crippen LogP contribution in [0, 0.1) is 5.92 Å². The van der Waals surface area contributed by atoms with E-state index in [-0.39, 0.29) is 12.3 Å². The summed E-state index contributed by atoms with van der Waals surface area (Å²) < 4.78 is 5.35. The Morgan fingerprint density at radius 1 is 1.46 bits per heavy atom. The highest BCUT2D eigenvalue weighted by molar-refractivity contribution is 7.13. The molecule has 144 valence electrons. The van der Waals surface area contributed by atoms with Crippen LogP contribution in [0.5, 0.6) is 0 Å². The molecule has 0 radical (unpaired) electrons. The molecule has 2 heterocycles. The van der Waals surface area contributed by atoms with Crippen LogP contribution in [0.3, 0.4) is 0 Å². The molecule has 1 aliphatic rings. The van der Waals surface area contributed by atoms with Gasteiger partial charge in [0.1, 0.15) is 0 Å². The number of rotatable bonds is 9. The van der Waals surface area contributed by atoms with Gasteiger partial charge in [0.15, 0.2) is 5.13 Å². The minimum absolute atomic E-state index is 0.128. The largest absolute Gasteiger partial charge is 0.378 e. The zero-order valence-corrected chi connectivity index (χ0v) is 16.8. The van der Waals surface area contributed by atoms with E-state index in [1.165, 1.54) is 5.57 Å². The van der Waals surface area contributed by atoms with E-state index >= 15 is 0 Å². The Morgan fingerprint density at radius 3 is 2.96 bits per heavy atom. The Balaban J connectivity index is 1.67. The molecular weight excluding hydrogens is 348 g/mol. The molecule has 0 bridgehead atoms. The lowest BCUT2D eigenvalue weighted by molar-refractivity contribution is -0.120.